The molecule has 0 spiro atoms. The van der Waals surface area contributed by atoms with Crippen LogP contribution in [0.1, 0.15) is 42.9 Å². The van der Waals surface area contributed by atoms with Crippen molar-refractivity contribution in [1.82, 2.24) is 14.7 Å². The van der Waals surface area contributed by atoms with E-state index < -0.39 is 0 Å². The molecular weight excluding hydrogens is 396 g/mol. The molecule has 0 atom stereocenters. The Morgan fingerprint density at radius 2 is 1.26 bits per heavy atom. The number of hydrogen-bond acceptors (Lipinski definition) is 3. The molecule has 0 saturated carbocycles. The molecule has 0 radical (unpaired) electrons. The van der Waals surface area contributed by atoms with Crippen molar-refractivity contribution in [3.05, 3.63) is 71.3 Å². The third kappa shape index (κ3) is 5.69. The molecular formula is C25H31F2N3O. The van der Waals surface area contributed by atoms with Crippen LogP contribution in [0, 0.1) is 11.6 Å². The van der Waals surface area contributed by atoms with E-state index in [2.05, 4.69) is 9.80 Å². The lowest BCUT2D eigenvalue weighted by atomic mass is 9.96. The molecule has 2 aliphatic rings. The van der Waals surface area contributed by atoms with Crippen molar-refractivity contribution in [2.75, 3.05) is 45.8 Å². The summed E-state index contributed by atoms with van der Waals surface area (Å²) in [5.41, 5.74) is 2.00. The van der Waals surface area contributed by atoms with E-state index in [-0.39, 0.29) is 23.6 Å². The molecule has 4 nitrogen and oxygen atoms in total. The van der Waals surface area contributed by atoms with E-state index in [1.165, 1.54) is 30.7 Å². The summed E-state index contributed by atoms with van der Waals surface area (Å²) < 4.78 is 27.0. The van der Waals surface area contributed by atoms with Crippen LogP contribution in [0.25, 0.3) is 0 Å². The van der Waals surface area contributed by atoms with E-state index in [0.717, 1.165) is 69.8 Å². The minimum atomic E-state index is -0.259. The fourth-order valence-electron chi connectivity index (χ4n) is 4.70. The van der Waals surface area contributed by atoms with Crippen molar-refractivity contribution in [2.45, 2.75) is 31.7 Å². The predicted molar refractivity (Wildman–Crippen MR) is 118 cm³/mol. The van der Waals surface area contributed by atoms with E-state index in [1.54, 1.807) is 0 Å². The highest BCUT2D eigenvalue weighted by Crippen LogP contribution is 2.30. The molecule has 0 unspecified atom stereocenters. The summed E-state index contributed by atoms with van der Waals surface area (Å²) in [4.78, 5) is 19.2. The molecule has 0 aliphatic carbocycles. The van der Waals surface area contributed by atoms with Crippen LogP contribution in [0.15, 0.2) is 48.5 Å². The predicted octanol–water partition coefficient (Wildman–Crippen LogP) is 4.07. The first-order chi connectivity index (χ1) is 15.1. The van der Waals surface area contributed by atoms with Crippen LogP contribution in [0.3, 0.4) is 0 Å². The van der Waals surface area contributed by atoms with Gasteiger partial charge < -0.3 is 9.80 Å². The summed E-state index contributed by atoms with van der Waals surface area (Å²) >= 11 is 0. The molecule has 2 aromatic rings. The van der Waals surface area contributed by atoms with Crippen molar-refractivity contribution in [1.29, 1.82) is 0 Å². The largest absolute Gasteiger partial charge is 0.343 e. The van der Waals surface area contributed by atoms with Crippen LogP contribution < -0.4 is 0 Å². The average Bonchev–Trinajstić information content (AvgIpc) is 2.81. The molecule has 0 aromatic heterocycles. The number of amides is 1. The second-order valence-electron chi connectivity index (χ2n) is 8.57. The second kappa shape index (κ2) is 10.3. The lowest BCUT2D eigenvalue weighted by molar-refractivity contribution is -0.132. The maximum atomic E-state index is 13.5. The molecule has 2 saturated heterocycles. The molecule has 166 valence electrons. The van der Waals surface area contributed by atoms with Crippen molar-refractivity contribution in [3.63, 3.8) is 0 Å². The lowest BCUT2D eigenvalue weighted by Crippen LogP contribution is -2.48. The molecule has 4 rings (SSSR count). The van der Waals surface area contributed by atoms with E-state index in [0.29, 0.717) is 6.42 Å². The highest BCUT2D eigenvalue weighted by Gasteiger charge is 2.27. The van der Waals surface area contributed by atoms with Crippen molar-refractivity contribution in [3.8, 4) is 0 Å². The van der Waals surface area contributed by atoms with Crippen LogP contribution in [0.4, 0.5) is 8.78 Å². The Morgan fingerprint density at radius 1 is 0.742 bits per heavy atom. The standard InChI is InChI=1S/C25H31F2N3O/c26-22-8-4-20(5-9-22)25(21-6-10-23(27)11-7-21)30-18-16-28(17-19-30)15-12-24(31)29-13-2-1-3-14-29/h4-11,25H,1-3,12-19H2. The fourth-order valence-corrected chi connectivity index (χ4v) is 4.70. The van der Waals surface area contributed by atoms with Crippen LogP contribution >= 0.6 is 0 Å². The molecule has 2 heterocycles. The van der Waals surface area contributed by atoms with Crippen LogP contribution in [-0.2, 0) is 4.79 Å². The van der Waals surface area contributed by atoms with Gasteiger partial charge >= 0.3 is 0 Å². The summed E-state index contributed by atoms with van der Waals surface area (Å²) in [6.45, 7) is 6.06. The molecule has 2 aliphatic heterocycles. The number of hydrogen-bond donors (Lipinski definition) is 0. The van der Waals surface area contributed by atoms with Crippen LogP contribution in [0.5, 0.6) is 0 Å². The van der Waals surface area contributed by atoms with Gasteiger partial charge in [-0.15, -0.1) is 0 Å². The number of carbonyl (C=O) groups is 1. The third-order valence-electron chi connectivity index (χ3n) is 6.49. The number of piperazine rings is 1. The van der Waals surface area contributed by atoms with Gasteiger partial charge in [0.15, 0.2) is 0 Å². The molecule has 2 aromatic carbocycles. The van der Waals surface area contributed by atoms with Crippen molar-refractivity contribution < 1.29 is 13.6 Å². The van der Waals surface area contributed by atoms with E-state index in [4.69, 9.17) is 0 Å². The Labute approximate surface area is 183 Å². The maximum Gasteiger partial charge on any atom is 0.223 e. The topological polar surface area (TPSA) is 26.8 Å². The first kappa shape index (κ1) is 21.9. The minimum Gasteiger partial charge on any atom is -0.343 e. The molecule has 1 amide bonds. The van der Waals surface area contributed by atoms with Gasteiger partial charge in [0.2, 0.25) is 5.91 Å². The molecule has 0 N–H and O–H groups in total. The number of rotatable bonds is 6. The van der Waals surface area contributed by atoms with Gasteiger partial charge in [-0.25, -0.2) is 8.78 Å². The molecule has 2 fully saturated rings. The van der Waals surface area contributed by atoms with Gasteiger partial charge in [0.25, 0.3) is 0 Å². The summed E-state index contributed by atoms with van der Waals surface area (Å²) in [5, 5.41) is 0. The van der Waals surface area contributed by atoms with E-state index >= 15 is 0 Å². The van der Waals surface area contributed by atoms with Gasteiger partial charge in [0.05, 0.1) is 6.04 Å². The molecule has 6 heteroatoms. The number of carbonyl (C=O) groups excluding carboxylic acids is 1. The number of likely N-dealkylation sites (tertiary alicyclic amines) is 1. The third-order valence-corrected chi connectivity index (χ3v) is 6.49. The van der Waals surface area contributed by atoms with Crippen LogP contribution in [0.2, 0.25) is 0 Å². The zero-order valence-electron chi connectivity index (χ0n) is 18.0. The summed E-state index contributed by atoms with van der Waals surface area (Å²) in [6, 6.07) is 13.1. The highest BCUT2D eigenvalue weighted by molar-refractivity contribution is 5.76. The number of halogens is 2. The van der Waals surface area contributed by atoms with Crippen molar-refractivity contribution in [2.24, 2.45) is 0 Å². The Kier molecular flexibility index (Phi) is 7.30. The number of piperidine rings is 1. The summed E-state index contributed by atoms with van der Waals surface area (Å²) in [5.74, 6) is -0.243. The van der Waals surface area contributed by atoms with Crippen molar-refractivity contribution >= 4 is 5.91 Å². The van der Waals surface area contributed by atoms with Crippen LogP contribution in [-0.4, -0.2) is 66.4 Å². The van der Waals surface area contributed by atoms with Gasteiger partial charge in [-0.2, -0.15) is 0 Å². The van der Waals surface area contributed by atoms with Gasteiger partial charge in [0, 0.05) is 52.2 Å². The second-order valence-corrected chi connectivity index (χ2v) is 8.57. The van der Waals surface area contributed by atoms with Gasteiger partial charge in [-0.1, -0.05) is 24.3 Å². The normalized spacial score (nSPS) is 18.5. The van der Waals surface area contributed by atoms with E-state index in [1.807, 2.05) is 29.2 Å². The quantitative estimate of drug-likeness (QED) is 0.695. The Morgan fingerprint density at radius 3 is 1.77 bits per heavy atom. The Bertz CT molecular complexity index is 797. The molecule has 0 bridgehead atoms. The summed E-state index contributed by atoms with van der Waals surface area (Å²) in [6.07, 6.45) is 4.06. The van der Waals surface area contributed by atoms with Gasteiger partial charge in [-0.3, -0.25) is 9.69 Å². The van der Waals surface area contributed by atoms with E-state index in [9.17, 15) is 13.6 Å². The smallest absolute Gasteiger partial charge is 0.223 e. The molecule has 31 heavy (non-hydrogen) atoms. The maximum absolute atomic E-state index is 13.5. The average molecular weight is 428 g/mol. The minimum absolute atomic E-state index is 0.0432. The van der Waals surface area contributed by atoms with Gasteiger partial charge in [0.1, 0.15) is 11.6 Å². The Balaban J connectivity index is 1.37. The summed E-state index contributed by atoms with van der Waals surface area (Å²) in [7, 11) is 0. The number of benzene rings is 2. The Hall–Kier alpha value is -2.31. The first-order valence-electron chi connectivity index (χ1n) is 11.4. The SMILES string of the molecule is O=C(CCN1CCN(C(c2ccc(F)cc2)c2ccc(F)cc2)CC1)N1CCCCC1. The van der Waals surface area contributed by atoms with Gasteiger partial charge in [-0.05, 0) is 54.7 Å². The highest BCUT2D eigenvalue weighted by atomic mass is 19.1. The fraction of sp³-hybridized carbons (Fsp3) is 0.480. The zero-order valence-corrected chi connectivity index (χ0v) is 18.0. The zero-order chi connectivity index (χ0) is 21.6. The number of nitrogens with zero attached hydrogens (tertiary/aromatic N) is 3. The monoisotopic (exact) mass is 427 g/mol. The first-order valence-corrected chi connectivity index (χ1v) is 11.4. The lowest BCUT2D eigenvalue weighted by Gasteiger charge is -2.40.